The van der Waals surface area contributed by atoms with Crippen molar-refractivity contribution in [2.24, 2.45) is 0 Å². The lowest BCUT2D eigenvalue weighted by Crippen LogP contribution is -2.11. The predicted octanol–water partition coefficient (Wildman–Crippen LogP) is 3.99. The molecule has 1 nitrogen and oxygen atoms in total. The Bertz CT molecular complexity index is 553. The molecule has 0 spiro atoms. The first-order valence-electron chi connectivity index (χ1n) is 6.65. The van der Waals surface area contributed by atoms with Crippen LogP contribution < -0.4 is 0 Å². The number of hydrogen-bond donors (Lipinski definition) is 0. The summed E-state index contributed by atoms with van der Waals surface area (Å²) in [6.07, 6.45) is 2.30. The molecule has 0 aliphatic rings. The highest BCUT2D eigenvalue weighted by atomic mass is 15.0. The minimum Gasteiger partial charge on any atom is -0.306 e. The first-order valence-corrected chi connectivity index (χ1v) is 6.65. The molecular formula is C18H21N. The fourth-order valence-corrected chi connectivity index (χ4v) is 2.15. The Balaban J connectivity index is 2.47. The molecule has 0 amide bonds. The van der Waals surface area contributed by atoms with Gasteiger partial charge in [-0.3, -0.25) is 0 Å². The Kier molecular flexibility index (Phi) is 4.53. The summed E-state index contributed by atoms with van der Waals surface area (Å²) in [5.74, 6) is 0. The Morgan fingerprint density at radius 2 is 1.58 bits per heavy atom. The van der Waals surface area contributed by atoms with Crippen LogP contribution in [0.15, 0.2) is 60.7 Å². The SMILES string of the molecule is Cc1ccccc1/C(=C\CN(C)C)c1ccccc1. The Hall–Kier alpha value is -1.86. The van der Waals surface area contributed by atoms with E-state index in [4.69, 9.17) is 0 Å². The topological polar surface area (TPSA) is 3.24 Å². The van der Waals surface area contributed by atoms with Gasteiger partial charge in [-0.25, -0.2) is 0 Å². The van der Waals surface area contributed by atoms with Crippen LogP contribution in [-0.2, 0) is 0 Å². The largest absolute Gasteiger partial charge is 0.306 e. The van der Waals surface area contributed by atoms with Gasteiger partial charge in [-0.15, -0.1) is 0 Å². The van der Waals surface area contributed by atoms with Gasteiger partial charge in [0.25, 0.3) is 0 Å². The molecule has 0 aliphatic heterocycles. The number of hydrogen-bond acceptors (Lipinski definition) is 1. The van der Waals surface area contributed by atoms with Crippen molar-refractivity contribution in [1.29, 1.82) is 0 Å². The van der Waals surface area contributed by atoms with E-state index in [2.05, 4.69) is 86.6 Å². The van der Waals surface area contributed by atoms with E-state index in [-0.39, 0.29) is 0 Å². The van der Waals surface area contributed by atoms with Crippen molar-refractivity contribution < 1.29 is 0 Å². The lowest BCUT2D eigenvalue weighted by atomic mass is 9.94. The van der Waals surface area contributed by atoms with Crippen molar-refractivity contribution in [1.82, 2.24) is 4.90 Å². The van der Waals surface area contributed by atoms with Gasteiger partial charge in [-0.1, -0.05) is 60.7 Å². The molecule has 0 N–H and O–H groups in total. The van der Waals surface area contributed by atoms with E-state index in [1.54, 1.807) is 0 Å². The molecule has 0 heterocycles. The van der Waals surface area contributed by atoms with Gasteiger partial charge in [0.15, 0.2) is 0 Å². The van der Waals surface area contributed by atoms with Gasteiger partial charge in [0.1, 0.15) is 0 Å². The van der Waals surface area contributed by atoms with E-state index in [9.17, 15) is 0 Å². The van der Waals surface area contributed by atoms with Crippen LogP contribution in [0.25, 0.3) is 5.57 Å². The average molecular weight is 251 g/mol. The van der Waals surface area contributed by atoms with Crippen LogP contribution in [0, 0.1) is 6.92 Å². The van der Waals surface area contributed by atoms with Crippen molar-refractivity contribution in [2.75, 3.05) is 20.6 Å². The van der Waals surface area contributed by atoms with Crippen LogP contribution in [-0.4, -0.2) is 25.5 Å². The maximum absolute atomic E-state index is 2.30. The lowest BCUT2D eigenvalue weighted by molar-refractivity contribution is 0.457. The molecule has 0 unspecified atom stereocenters. The number of likely N-dealkylation sites (N-methyl/N-ethyl adjacent to an activating group) is 1. The van der Waals surface area contributed by atoms with Crippen molar-refractivity contribution in [3.63, 3.8) is 0 Å². The Morgan fingerprint density at radius 1 is 0.947 bits per heavy atom. The first kappa shape index (κ1) is 13.6. The Morgan fingerprint density at radius 3 is 2.21 bits per heavy atom. The average Bonchev–Trinajstić information content (AvgIpc) is 2.42. The van der Waals surface area contributed by atoms with Gasteiger partial charge in [-0.05, 0) is 43.3 Å². The summed E-state index contributed by atoms with van der Waals surface area (Å²) in [4.78, 5) is 2.18. The highest BCUT2D eigenvalue weighted by Gasteiger charge is 2.06. The molecule has 0 aliphatic carbocycles. The van der Waals surface area contributed by atoms with Gasteiger partial charge in [0.05, 0.1) is 0 Å². The Labute approximate surface area is 116 Å². The van der Waals surface area contributed by atoms with E-state index in [1.807, 2.05) is 0 Å². The number of benzene rings is 2. The molecule has 2 aromatic rings. The lowest BCUT2D eigenvalue weighted by Gasteiger charge is -2.13. The van der Waals surface area contributed by atoms with E-state index >= 15 is 0 Å². The summed E-state index contributed by atoms with van der Waals surface area (Å²) >= 11 is 0. The molecule has 0 atom stereocenters. The summed E-state index contributed by atoms with van der Waals surface area (Å²) in [5, 5.41) is 0. The fraction of sp³-hybridized carbons (Fsp3) is 0.222. The number of rotatable bonds is 4. The van der Waals surface area contributed by atoms with E-state index in [1.165, 1.54) is 22.3 Å². The molecule has 0 radical (unpaired) electrons. The van der Waals surface area contributed by atoms with Crippen LogP contribution in [0.3, 0.4) is 0 Å². The van der Waals surface area contributed by atoms with Crippen molar-refractivity contribution >= 4 is 5.57 Å². The zero-order valence-corrected chi connectivity index (χ0v) is 11.9. The zero-order valence-electron chi connectivity index (χ0n) is 11.9. The van der Waals surface area contributed by atoms with Crippen LogP contribution in [0.2, 0.25) is 0 Å². The van der Waals surface area contributed by atoms with Crippen LogP contribution >= 0.6 is 0 Å². The highest BCUT2D eigenvalue weighted by Crippen LogP contribution is 2.25. The van der Waals surface area contributed by atoms with Crippen molar-refractivity contribution in [3.8, 4) is 0 Å². The van der Waals surface area contributed by atoms with Crippen LogP contribution in [0.4, 0.5) is 0 Å². The van der Waals surface area contributed by atoms with E-state index in [0.717, 1.165) is 6.54 Å². The number of aryl methyl sites for hydroxylation is 1. The molecule has 98 valence electrons. The highest BCUT2D eigenvalue weighted by molar-refractivity contribution is 5.81. The molecule has 0 fully saturated rings. The summed E-state index contributed by atoms with van der Waals surface area (Å²) in [7, 11) is 4.19. The van der Waals surface area contributed by atoms with Gasteiger partial charge in [0, 0.05) is 6.54 Å². The van der Waals surface area contributed by atoms with E-state index < -0.39 is 0 Å². The van der Waals surface area contributed by atoms with Crippen molar-refractivity contribution in [2.45, 2.75) is 6.92 Å². The smallest absolute Gasteiger partial charge is 0.0166 e. The molecule has 2 rings (SSSR count). The monoisotopic (exact) mass is 251 g/mol. The maximum atomic E-state index is 2.30. The fourth-order valence-electron chi connectivity index (χ4n) is 2.15. The van der Waals surface area contributed by atoms with E-state index in [0.29, 0.717) is 0 Å². The maximum Gasteiger partial charge on any atom is 0.0166 e. The van der Waals surface area contributed by atoms with Crippen LogP contribution in [0.1, 0.15) is 16.7 Å². The third-order valence-electron chi connectivity index (χ3n) is 3.18. The quantitative estimate of drug-likeness (QED) is 0.794. The zero-order chi connectivity index (χ0) is 13.7. The molecule has 1 heteroatoms. The molecular weight excluding hydrogens is 230 g/mol. The summed E-state index contributed by atoms with van der Waals surface area (Å²) in [6.45, 7) is 3.11. The molecule has 0 saturated heterocycles. The van der Waals surface area contributed by atoms with Gasteiger partial charge < -0.3 is 4.90 Å². The second kappa shape index (κ2) is 6.35. The standard InChI is InChI=1S/C18H21N/c1-15-9-7-8-12-17(15)18(13-14-19(2)3)16-10-5-4-6-11-16/h4-13H,14H2,1-3H3/b18-13-. The molecule has 0 bridgehead atoms. The summed E-state index contributed by atoms with van der Waals surface area (Å²) in [6, 6.07) is 19.2. The minimum absolute atomic E-state index is 0.943. The summed E-state index contributed by atoms with van der Waals surface area (Å²) < 4.78 is 0. The first-order chi connectivity index (χ1) is 9.18. The van der Waals surface area contributed by atoms with Crippen LogP contribution in [0.5, 0.6) is 0 Å². The second-order valence-corrected chi connectivity index (χ2v) is 5.06. The van der Waals surface area contributed by atoms with Gasteiger partial charge >= 0.3 is 0 Å². The summed E-state index contributed by atoms with van der Waals surface area (Å²) in [5.41, 5.74) is 5.22. The number of nitrogens with zero attached hydrogens (tertiary/aromatic N) is 1. The van der Waals surface area contributed by atoms with Crippen molar-refractivity contribution in [3.05, 3.63) is 77.4 Å². The predicted molar refractivity (Wildman–Crippen MR) is 83.3 cm³/mol. The third-order valence-corrected chi connectivity index (χ3v) is 3.18. The molecule has 0 aromatic heterocycles. The van der Waals surface area contributed by atoms with Gasteiger partial charge in [0.2, 0.25) is 0 Å². The molecule has 0 saturated carbocycles. The second-order valence-electron chi connectivity index (χ2n) is 5.06. The normalized spacial score (nSPS) is 11.9. The van der Waals surface area contributed by atoms with Gasteiger partial charge in [-0.2, -0.15) is 0 Å². The molecule has 2 aromatic carbocycles. The molecule has 19 heavy (non-hydrogen) atoms. The third kappa shape index (κ3) is 3.55. The minimum atomic E-state index is 0.943.